The van der Waals surface area contributed by atoms with Crippen molar-refractivity contribution in [2.24, 2.45) is 0 Å². The van der Waals surface area contributed by atoms with Crippen LogP contribution in [0.4, 0.5) is 0 Å². The molecular formula is C21H13N3O3. The standard InChI is InChI=1S/C21H13N3O3/c22-12-13-4-8-15(9-5-13)27-16-10-6-14(7-11-16)20-23-18-3-1-2-17(21(25)26)19(18)24-20/h1-11H,(H,23,24)(H,25,26). The molecular weight excluding hydrogens is 342 g/mol. The van der Waals surface area contributed by atoms with E-state index in [-0.39, 0.29) is 5.56 Å². The molecule has 130 valence electrons. The summed E-state index contributed by atoms with van der Waals surface area (Å²) in [6, 6.07) is 21.2. The zero-order valence-electron chi connectivity index (χ0n) is 14.0. The second-order valence-electron chi connectivity index (χ2n) is 5.85. The van der Waals surface area contributed by atoms with Gasteiger partial charge in [0.25, 0.3) is 0 Å². The van der Waals surface area contributed by atoms with Crippen molar-refractivity contribution in [3.8, 4) is 29.0 Å². The number of H-pyrrole nitrogens is 1. The summed E-state index contributed by atoms with van der Waals surface area (Å²) in [5, 5.41) is 18.1. The molecule has 0 aliphatic heterocycles. The van der Waals surface area contributed by atoms with Crippen molar-refractivity contribution in [3.05, 3.63) is 77.9 Å². The summed E-state index contributed by atoms with van der Waals surface area (Å²) >= 11 is 0. The lowest BCUT2D eigenvalue weighted by Crippen LogP contribution is -1.96. The SMILES string of the molecule is N#Cc1ccc(Oc2ccc(-c3nc4c(C(=O)O)cccc4[nH]3)cc2)cc1. The van der Waals surface area contributed by atoms with Crippen LogP contribution in [-0.4, -0.2) is 21.0 Å². The molecule has 1 heterocycles. The summed E-state index contributed by atoms with van der Waals surface area (Å²) in [4.78, 5) is 18.9. The maximum Gasteiger partial charge on any atom is 0.337 e. The third-order valence-electron chi connectivity index (χ3n) is 4.09. The smallest absolute Gasteiger partial charge is 0.337 e. The number of nitrogens with zero attached hydrogens (tertiary/aromatic N) is 2. The molecule has 0 amide bonds. The molecule has 0 aliphatic rings. The fourth-order valence-corrected chi connectivity index (χ4v) is 2.76. The van der Waals surface area contributed by atoms with Gasteiger partial charge in [-0.05, 0) is 60.7 Å². The number of imidazole rings is 1. The summed E-state index contributed by atoms with van der Waals surface area (Å²) < 4.78 is 5.76. The first-order valence-electron chi connectivity index (χ1n) is 8.14. The first kappa shape index (κ1) is 16.4. The number of carbonyl (C=O) groups is 1. The molecule has 4 aromatic rings. The van der Waals surface area contributed by atoms with Gasteiger partial charge in [-0.25, -0.2) is 9.78 Å². The van der Waals surface area contributed by atoms with Gasteiger partial charge < -0.3 is 14.8 Å². The monoisotopic (exact) mass is 355 g/mol. The molecule has 1 aromatic heterocycles. The van der Waals surface area contributed by atoms with E-state index in [2.05, 4.69) is 16.0 Å². The van der Waals surface area contributed by atoms with Gasteiger partial charge in [0.15, 0.2) is 0 Å². The van der Waals surface area contributed by atoms with Crippen LogP contribution in [0.1, 0.15) is 15.9 Å². The normalized spacial score (nSPS) is 10.5. The average Bonchev–Trinajstić information content (AvgIpc) is 3.13. The van der Waals surface area contributed by atoms with Crippen LogP contribution >= 0.6 is 0 Å². The van der Waals surface area contributed by atoms with Crippen LogP contribution in [0.5, 0.6) is 11.5 Å². The van der Waals surface area contributed by atoms with Crippen LogP contribution in [-0.2, 0) is 0 Å². The van der Waals surface area contributed by atoms with Crippen molar-refractivity contribution >= 4 is 17.0 Å². The van der Waals surface area contributed by atoms with E-state index in [1.54, 1.807) is 48.5 Å². The highest BCUT2D eigenvalue weighted by molar-refractivity contribution is 6.01. The predicted molar refractivity (Wildman–Crippen MR) is 99.7 cm³/mol. The number of aromatic amines is 1. The minimum Gasteiger partial charge on any atom is -0.478 e. The van der Waals surface area contributed by atoms with E-state index in [0.29, 0.717) is 33.9 Å². The molecule has 6 heteroatoms. The second-order valence-corrected chi connectivity index (χ2v) is 5.85. The van der Waals surface area contributed by atoms with Crippen molar-refractivity contribution in [1.29, 1.82) is 5.26 Å². The van der Waals surface area contributed by atoms with Crippen molar-refractivity contribution in [2.45, 2.75) is 0 Å². The highest BCUT2D eigenvalue weighted by atomic mass is 16.5. The van der Waals surface area contributed by atoms with E-state index in [9.17, 15) is 9.90 Å². The summed E-state index contributed by atoms with van der Waals surface area (Å²) in [5.41, 5.74) is 2.65. The first-order valence-corrected chi connectivity index (χ1v) is 8.14. The van der Waals surface area contributed by atoms with Crippen molar-refractivity contribution in [3.63, 3.8) is 0 Å². The fourth-order valence-electron chi connectivity index (χ4n) is 2.76. The number of ether oxygens (including phenoxy) is 1. The summed E-state index contributed by atoms with van der Waals surface area (Å²) in [6.45, 7) is 0. The Balaban J connectivity index is 1.60. The van der Waals surface area contributed by atoms with Crippen LogP contribution in [0.2, 0.25) is 0 Å². The van der Waals surface area contributed by atoms with Crippen molar-refractivity contribution in [1.82, 2.24) is 9.97 Å². The molecule has 6 nitrogen and oxygen atoms in total. The van der Waals surface area contributed by atoms with E-state index >= 15 is 0 Å². The van der Waals surface area contributed by atoms with E-state index in [0.717, 1.165) is 5.56 Å². The minimum absolute atomic E-state index is 0.163. The number of carboxylic acids is 1. The molecule has 27 heavy (non-hydrogen) atoms. The predicted octanol–water partition coefficient (Wildman–Crippen LogP) is 4.59. The lowest BCUT2D eigenvalue weighted by molar-refractivity contribution is 0.0699. The zero-order valence-corrected chi connectivity index (χ0v) is 14.0. The maximum absolute atomic E-state index is 11.3. The molecule has 4 rings (SSSR count). The lowest BCUT2D eigenvalue weighted by Gasteiger charge is -2.06. The van der Waals surface area contributed by atoms with Crippen LogP contribution in [0.25, 0.3) is 22.4 Å². The Morgan fingerprint density at radius 3 is 2.30 bits per heavy atom. The quantitative estimate of drug-likeness (QED) is 0.558. The lowest BCUT2D eigenvalue weighted by atomic mass is 10.2. The van der Waals surface area contributed by atoms with Crippen molar-refractivity contribution < 1.29 is 14.6 Å². The Morgan fingerprint density at radius 1 is 1.00 bits per heavy atom. The maximum atomic E-state index is 11.3. The molecule has 2 N–H and O–H groups in total. The van der Waals surface area contributed by atoms with Gasteiger partial charge in [0.1, 0.15) is 22.8 Å². The Hall–Kier alpha value is -4.11. The number of nitrogens with one attached hydrogen (secondary N) is 1. The van der Waals surface area contributed by atoms with Crippen molar-refractivity contribution in [2.75, 3.05) is 0 Å². The fraction of sp³-hybridized carbons (Fsp3) is 0. The van der Waals surface area contributed by atoms with E-state index in [1.165, 1.54) is 6.07 Å². The number of nitriles is 1. The highest BCUT2D eigenvalue weighted by Gasteiger charge is 2.13. The van der Waals surface area contributed by atoms with Gasteiger partial charge in [-0.1, -0.05) is 6.07 Å². The molecule has 0 bridgehead atoms. The molecule has 0 atom stereocenters. The third-order valence-corrected chi connectivity index (χ3v) is 4.09. The third kappa shape index (κ3) is 3.22. The molecule has 0 unspecified atom stereocenters. The number of aromatic carboxylic acids is 1. The van der Waals surface area contributed by atoms with Gasteiger partial charge in [0.2, 0.25) is 0 Å². The number of benzene rings is 3. The van der Waals surface area contributed by atoms with E-state index in [1.807, 2.05) is 12.1 Å². The van der Waals surface area contributed by atoms with Gasteiger partial charge in [-0.3, -0.25) is 0 Å². The van der Waals surface area contributed by atoms with Gasteiger partial charge in [0, 0.05) is 5.56 Å². The molecule has 0 saturated heterocycles. The zero-order chi connectivity index (χ0) is 18.8. The van der Waals surface area contributed by atoms with Gasteiger partial charge in [0.05, 0.1) is 22.7 Å². The Bertz CT molecular complexity index is 1170. The van der Waals surface area contributed by atoms with Crippen LogP contribution in [0.15, 0.2) is 66.7 Å². The molecule has 0 spiro atoms. The number of hydrogen-bond acceptors (Lipinski definition) is 4. The molecule has 0 fully saturated rings. The summed E-state index contributed by atoms with van der Waals surface area (Å²) in [6.07, 6.45) is 0. The van der Waals surface area contributed by atoms with Crippen LogP contribution in [0.3, 0.4) is 0 Å². The van der Waals surface area contributed by atoms with Gasteiger partial charge in [-0.15, -0.1) is 0 Å². The Morgan fingerprint density at radius 2 is 1.67 bits per heavy atom. The minimum atomic E-state index is -1.01. The summed E-state index contributed by atoms with van der Waals surface area (Å²) in [7, 11) is 0. The molecule has 0 saturated carbocycles. The number of rotatable bonds is 4. The summed E-state index contributed by atoms with van der Waals surface area (Å²) in [5.74, 6) is 0.857. The number of carboxylic acid groups (broad SMARTS) is 1. The van der Waals surface area contributed by atoms with Crippen LogP contribution in [0, 0.1) is 11.3 Å². The number of hydrogen-bond donors (Lipinski definition) is 2. The largest absolute Gasteiger partial charge is 0.478 e. The van der Waals surface area contributed by atoms with E-state index in [4.69, 9.17) is 10.00 Å². The van der Waals surface area contributed by atoms with E-state index < -0.39 is 5.97 Å². The molecule has 3 aromatic carbocycles. The van der Waals surface area contributed by atoms with Crippen LogP contribution < -0.4 is 4.74 Å². The van der Waals surface area contributed by atoms with Gasteiger partial charge in [-0.2, -0.15) is 5.26 Å². The highest BCUT2D eigenvalue weighted by Crippen LogP contribution is 2.27. The molecule has 0 radical (unpaired) electrons. The number of para-hydroxylation sites is 1. The second kappa shape index (κ2) is 6.65. The first-order chi connectivity index (χ1) is 13.1. The topological polar surface area (TPSA) is 99.0 Å². The number of fused-ring (bicyclic) bond motifs is 1. The Kier molecular flexibility index (Phi) is 4.03. The molecule has 0 aliphatic carbocycles. The average molecular weight is 355 g/mol. The Labute approximate surface area is 154 Å². The van der Waals surface area contributed by atoms with Gasteiger partial charge >= 0.3 is 5.97 Å². The number of aromatic nitrogens is 2.